The molecule has 1 aliphatic rings. The van der Waals surface area contributed by atoms with Crippen molar-refractivity contribution in [1.82, 2.24) is 10.2 Å². The van der Waals surface area contributed by atoms with Gasteiger partial charge in [-0.25, -0.2) is 4.39 Å². The van der Waals surface area contributed by atoms with Gasteiger partial charge in [0.05, 0.1) is 5.02 Å². The fourth-order valence-electron chi connectivity index (χ4n) is 4.52. The van der Waals surface area contributed by atoms with E-state index in [1.807, 2.05) is 30.3 Å². The first-order valence-electron chi connectivity index (χ1n) is 12.3. The van der Waals surface area contributed by atoms with Gasteiger partial charge in [-0.2, -0.15) is 0 Å². The highest BCUT2D eigenvalue weighted by Crippen LogP contribution is 2.28. The van der Waals surface area contributed by atoms with Gasteiger partial charge in [0.25, 0.3) is 5.91 Å². The molecule has 3 aromatic rings. The number of ether oxygens (including phenoxy) is 1. The lowest BCUT2D eigenvalue weighted by Gasteiger charge is -2.32. The summed E-state index contributed by atoms with van der Waals surface area (Å²) in [7, 11) is 0. The summed E-state index contributed by atoms with van der Waals surface area (Å²) in [5, 5.41) is 3.88. The van der Waals surface area contributed by atoms with Gasteiger partial charge in [0, 0.05) is 24.0 Å². The Labute approximate surface area is 226 Å². The number of halogens is 3. The Morgan fingerprint density at radius 3 is 2.35 bits per heavy atom. The Kier molecular flexibility index (Phi) is 9.42. The van der Waals surface area contributed by atoms with E-state index in [1.54, 1.807) is 24.3 Å². The van der Waals surface area contributed by atoms with Crippen molar-refractivity contribution in [3.63, 3.8) is 0 Å². The standard InChI is InChI=1S/C29H29Cl2FN2O3/c30-22-12-15-27(25(31)17-22)37-19-28(35)34(18-21-10-13-23(32)14-11-21)26(16-20-6-2-1-3-7-20)29(36)33-24-8-4-5-9-24/h1-3,6-7,10-15,17,24,26H,4-5,8-9,16,18-19H2,(H,33,36)/t26-/m0/s1. The van der Waals surface area contributed by atoms with E-state index < -0.39 is 11.9 Å². The Bertz CT molecular complexity index is 1200. The molecule has 1 N–H and O–H groups in total. The molecule has 4 rings (SSSR count). The van der Waals surface area contributed by atoms with Crippen molar-refractivity contribution in [3.8, 4) is 5.75 Å². The fraction of sp³-hybridized carbons (Fsp3) is 0.310. The number of amides is 2. The van der Waals surface area contributed by atoms with Crippen molar-refractivity contribution >= 4 is 35.0 Å². The molecule has 0 saturated heterocycles. The smallest absolute Gasteiger partial charge is 0.261 e. The van der Waals surface area contributed by atoms with E-state index in [0.29, 0.717) is 22.8 Å². The highest BCUT2D eigenvalue weighted by atomic mass is 35.5. The van der Waals surface area contributed by atoms with Crippen LogP contribution in [0.3, 0.4) is 0 Å². The molecular weight excluding hydrogens is 514 g/mol. The van der Waals surface area contributed by atoms with Crippen LogP contribution in [0, 0.1) is 5.82 Å². The number of rotatable bonds is 10. The van der Waals surface area contributed by atoms with Crippen LogP contribution in [0.4, 0.5) is 4.39 Å². The van der Waals surface area contributed by atoms with Crippen LogP contribution in [-0.2, 0) is 22.6 Å². The van der Waals surface area contributed by atoms with Crippen LogP contribution < -0.4 is 10.1 Å². The number of nitrogens with zero attached hydrogens (tertiary/aromatic N) is 1. The third-order valence-electron chi connectivity index (χ3n) is 6.48. The monoisotopic (exact) mass is 542 g/mol. The predicted octanol–water partition coefficient (Wildman–Crippen LogP) is 6.21. The van der Waals surface area contributed by atoms with Crippen LogP contribution in [0.25, 0.3) is 0 Å². The summed E-state index contributed by atoms with van der Waals surface area (Å²) >= 11 is 12.2. The molecule has 0 bridgehead atoms. The molecule has 37 heavy (non-hydrogen) atoms. The van der Waals surface area contributed by atoms with E-state index in [4.69, 9.17) is 27.9 Å². The molecule has 1 atom stereocenters. The van der Waals surface area contributed by atoms with E-state index in [0.717, 1.165) is 31.2 Å². The van der Waals surface area contributed by atoms with Crippen LogP contribution in [0.5, 0.6) is 5.75 Å². The van der Waals surface area contributed by atoms with Gasteiger partial charge >= 0.3 is 0 Å². The molecule has 0 unspecified atom stereocenters. The summed E-state index contributed by atoms with van der Waals surface area (Å²) in [6, 6.07) is 19.5. The van der Waals surface area contributed by atoms with Gasteiger partial charge in [0.15, 0.2) is 6.61 Å². The molecule has 2 amide bonds. The molecule has 8 heteroatoms. The van der Waals surface area contributed by atoms with Crippen LogP contribution in [0.15, 0.2) is 72.8 Å². The molecule has 1 aliphatic carbocycles. The van der Waals surface area contributed by atoms with Gasteiger partial charge in [-0.1, -0.05) is 78.5 Å². The number of nitrogens with one attached hydrogen (secondary N) is 1. The molecule has 3 aromatic carbocycles. The van der Waals surface area contributed by atoms with E-state index in [9.17, 15) is 14.0 Å². The summed E-state index contributed by atoms with van der Waals surface area (Å²) in [5.74, 6) is -0.660. The minimum absolute atomic E-state index is 0.0951. The number of hydrogen-bond acceptors (Lipinski definition) is 3. The Hall–Kier alpha value is -3.09. The van der Waals surface area contributed by atoms with Gasteiger partial charge in [-0.15, -0.1) is 0 Å². The van der Waals surface area contributed by atoms with Crippen molar-refractivity contribution in [3.05, 3.63) is 99.8 Å². The van der Waals surface area contributed by atoms with E-state index >= 15 is 0 Å². The lowest BCUT2D eigenvalue weighted by atomic mass is 10.0. The molecule has 0 aromatic heterocycles. The predicted molar refractivity (Wildman–Crippen MR) is 143 cm³/mol. The van der Waals surface area contributed by atoms with Gasteiger partial charge in [0.1, 0.15) is 17.6 Å². The van der Waals surface area contributed by atoms with Gasteiger partial charge in [-0.05, 0) is 54.3 Å². The Morgan fingerprint density at radius 2 is 1.68 bits per heavy atom. The third-order valence-corrected chi connectivity index (χ3v) is 7.01. The first-order chi connectivity index (χ1) is 17.9. The average molecular weight is 543 g/mol. The number of carbonyl (C=O) groups is 2. The molecule has 0 radical (unpaired) electrons. The zero-order valence-electron chi connectivity index (χ0n) is 20.3. The number of hydrogen-bond donors (Lipinski definition) is 1. The van der Waals surface area contributed by atoms with E-state index in [1.165, 1.54) is 23.1 Å². The van der Waals surface area contributed by atoms with Crippen LogP contribution in [0.2, 0.25) is 10.0 Å². The molecule has 0 aliphatic heterocycles. The first kappa shape index (κ1) is 27.0. The minimum atomic E-state index is -0.787. The molecule has 0 heterocycles. The summed E-state index contributed by atoms with van der Waals surface area (Å²) in [5.41, 5.74) is 1.62. The SMILES string of the molecule is O=C(NC1CCCC1)[C@H](Cc1ccccc1)N(Cc1ccc(F)cc1)C(=O)COc1ccc(Cl)cc1Cl. The first-order valence-corrected chi connectivity index (χ1v) is 13.1. The Balaban J connectivity index is 1.61. The quantitative estimate of drug-likeness (QED) is 0.331. The maximum Gasteiger partial charge on any atom is 0.261 e. The van der Waals surface area contributed by atoms with Crippen molar-refractivity contribution in [2.75, 3.05) is 6.61 Å². The molecule has 0 spiro atoms. The van der Waals surface area contributed by atoms with E-state index in [2.05, 4.69) is 5.32 Å². The highest BCUT2D eigenvalue weighted by Gasteiger charge is 2.32. The normalized spacial score (nSPS) is 14.2. The topological polar surface area (TPSA) is 58.6 Å². The van der Waals surface area contributed by atoms with Crippen LogP contribution in [-0.4, -0.2) is 35.4 Å². The van der Waals surface area contributed by atoms with Crippen molar-refractivity contribution < 1.29 is 18.7 Å². The summed E-state index contributed by atoms with van der Waals surface area (Å²) in [6.45, 7) is -0.211. The largest absolute Gasteiger partial charge is 0.482 e. The second-order valence-electron chi connectivity index (χ2n) is 9.21. The summed E-state index contributed by atoms with van der Waals surface area (Å²) in [6.07, 6.45) is 4.32. The van der Waals surface area contributed by atoms with Gasteiger partial charge in [-0.3, -0.25) is 9.59 Å². The average Bonchev–Trinajstić information content (AvgIpc) is 3.40. The number of carbonyl (C=O) groups excluding carboxylic acids is 2. The summed E-state index contributed by atoms with van der Waals surface area (Å²) < 4.78 is 19.3. The molecule has 5 nitrogen and oxygen atoms in total. The van der Waals surface area contributed by atoms with E-state index in [-0.39, 0.29) is 35.9 Å². The maximum absolute atomic E-state index is 13.6. The number of benzene rings is 3. The zero-order chi connectivity index (χ0) is 26.2. The second-order valence-corrected chi connectivity index (χ2v) is 10.1. The maximum atomic E-state index is 13.6. The molecule has 194 valence electrons. The highest BCUT2D eigenvalue weighted by molar-refractivity contribution is 6.35. The van der Waals surface area contributed by atoms with Crippen molar-refractivity contribution in [2.24, 2.45) is 0 Å². The fourth-order valence-corrected chi connectivity index (χ4v) is 4.99. The second kappa shape index (κ2) is 12.9. The van der Waals surface area contributed by atoms with Crippen LogP contribution >= 0.6 is 23.2 Å². The minimum Gasteiger partial charge on any atom is -0.482 e. The lowest BCUT2D eigenvalue weighted by molar-refractivity contribution is -0.143. The molecular formula is C29H29Cl2FN2O3. The molecule has 1 saturated carbocycles. The molecule has 1 fully saturated rings. The lowest BCUT2D eigenvalue weighted by Crippen LogP contribution is -2.53. The Morgan fingerprint density at radius 1 is 0.973 bits per heavy atom. The zero-order valence-corrected chi connectivity index (χ0v) is 21.9. The third kappa shape index (κ3) is 7.70. The van der Waals surface area contributed by atoms with Crippen LogP contribution in [0.1, 0.15) is 36.8 Å². The van der Waals surface area contributed by atoms with Crippen molar-refractivity contribution in [1.29, 1.82) is 0 Å². The van der Waals surface area contributed by atoms with Gasteiger partial charge in [0.2, 0.25) is 5.91 Å². The van der Waals surface area contributed by atoms with Crippen molar-refractivity contribution in [2.45, 2.75) is 50.7 Å². The van der Waals surface area contributed by atoms with Gasteiger partial charge < -0.3 is 15.0 Å². The summed E-state index contributed by atoms with van der Waals surface area (Å²) in [4.78, 5) is 28.7.